The number of carbonyl (C=O) groups is 8. The first kappa shape index (κ1) is 132. The zero-order chi connectivity index (χ0) is 101. The molecule has 800 valence electrons. The molecule has 0 bridgehead atoms. The van der Waals surface area contributed by atoms with Crippen LogP contribution in [0.15, 0.2) is 48.6 Å². The van der Waals surface area contributed by atoms with E-state index in [2.05, 4.69) is 125 Å². The van der Waals surface area contributed by atoms with Gasteiger partial charge in [-0.3, -0.25) is 56.5 Å². The number of carbonyl (C=O) groups excluding carboxylic acids is 8. The third-order valence-electron chi connectivity index (χ3n) is 24.2. The Hall–Kier alpha value is -5.14. The fraction of sp³-hybridized carbons (Fsp3) is 0.853. The number of allylic oxidation sites excluding steroid dienone is 8. The van der Waals surface area contributed by atoms with Gasteiger partial charge in [-0.05, 0) is 154 Å². The maximum Gasteiger partial charge on any atom is 0.472 e. The standard InChI is InChI=1S/C109H202N4O22P2/c1-9-17-25-33-39-45-51-59-67-75-100(134-108(120)79-71-63-55-49-43-37-29-21-13-5)89-104(116)112-96(92-126-85-81-98(73-65-57-31-23-15-7)132-106(118)77-69-61-53-47-41-35-27-19-11-3)94-130-136(122,123)128-87-83-110-102(114)91-103(115)111-84-88-129-137(124,125)131-95-97(93-127-86-82-99(74-66-58-32-24-16-8)133-107(119)78-70-62-54-48-42-36-28-20-12-4)113-105(117)90-101(76-68-60-52-46-40-34-26-18-10-2)135-109(121)80-72-64-56-50-44-38-30-22-14-6/h47-50,53-56,96-101H,9-46,51-52,57-95H2,1-8H3,(H,110,114)(H,111,115)(H,112,116)(H,113,117)(H,122,123)(H,124,125)/b53-47-,54-48-,55-49+,56-50+/t96?,97?,98-,99-,100?,101?/m1/s1. The molecule has 0 aromatic rings. The van der Waals surface area contributed by atoms with Crippen molar-refractivity contribution in [3.63, 3.8) is 0 Å². The second-order valence-electron chi connectivity index (χ2n) is 37.7. The zero-order valence-electron chi connectivity index (χ0n) is 87.9. The number of phosphoric acid groups is 2. The van der Waals surface area contributed by atoms with Crippen molar-refractivity contribution < 1.29 is 104 Å². The molecule has 137 heavy (non-hydrogen) atoms. The molecule has 0 radical (unpaired) electrons. The predicted octanol–water partition coefficient (Wildman–Crippen LogP) is 27.4. The van der Waals surface area contributed by atoms with Gasteiger partial charge in [-0.2, -0.15) is 0 Å². The van der Waals surface area contributed by atoms with E-state index >= 15 is 0 Å². The molecular formula is C109H202N4O22P2. The summed E-state index contributed by atoms with van der Waals surface area (Å²) in [6.07, 6.45) is 76.2. The van der Waals surface area contributed by atoms with Gasteiger partial charge in [0.2, 0.25) is 23.6 Å². The van der Waals surface area contributed by atoms with Crippen LogP contribution < -0.4 is 21.3 Å². The number of nitrogens with one attached hydrogen (secondary N) is 4. The summed E-state index contributed by atoms with van der Waals surface area (Å²) in [5.74, 6) is -3.90. The lowest BCUT2D eigenvalue weighted by Crippen LogP contribution is -2.43. The number of rotatable bonds is 104. The topological polar surface area (TPSA) is 352 Å². The van der Waals surface area contributed by atoms with E-state index in [1.807, 2.05) is 0 Å². The van der Waals surface area contributed by atoms with Gasteiger partial charge in [-0.1, -0.05) is 335 Å². The predicted molar refractivity (Wildman–Crippen MR) is 555 cm³/mol. The first-order valence-corrected chi connectivity index (χ1v) is 58.5. The van der Waals surface area contributed by atoms with Gasteiger partial charge in [-0.25, -0.2) is 9.13 Å². The quantitative estimate of drug-likeness (QED) is 0.00822. The third kappa shape index (κ3) is 93.0. The largest absolute Gasteiger partial charge is 0.472 e. The molecule has 4 amide bonds. The van der Waals surface area contributed by atoms with Crippen molar-refractivity contribution in [2.75, 3.05) is 65.9 Å². The van der Waals surface area contributed by atoms with Crippen LogP contribution in [0.2, 0.25) is 0 Å². The molecule has 0 spiro atoms. The number of esters is 4. The first-order chi connectivity index (χ1) is 66.6. The van der Waals surface area contributed by atoms with Crippen molar-refractivity contribution in [1.29, 1.82) is 0 Å². The van der Waals surface area contributed by atoms with Gasteiger partial charge >= 0.3 is 39.5 Å². The molecule has 8 atom stereocenters. The van der Waals surface area contributed by atoms with Gasteiger partial charge in [0.15, 0.2) is 0 Å². The Labute approximate surface area is 833 Å². The lowest BCUT2D eigenvalue weighted by atomic mass is 10.0. The summed E-state index contributed by atoms with van der Waals surface area (Å²) in [4.78, 5) is 130. The van der Waals surface area contributed by atoms with Crippen LogP contribution in [0.4, 0.5) is 0 Å². The fourth-order valence-corrected chi connectivity index (χ4v) is 17.5. The summed E-state index contributed by atoms with van der Waals surface area (Å²) in [6.45, 7) is 14.5. The maximum atomic E-state index is 14.2. The molecule has 6 unspecified atom stereocenters. The minimum absolute atomic E-state index is 0.123. The van der Waals surface area contributed by atoms with Gasteiger partial charge in [0, 0.05) is 51.6 Å². The molecule has 0 heterocycles. The Morgan fingerprint density at radius 1 is 0.255 bits per heavy atom. The molecule has 0 fully saturated rings. The van der Waals surface area contributed by atoms with E-state index in [0.29, 0.717) is 64.2 Å². The van der Waals surface area contributed by atoms with E-state index in [-0.39, 0.29) is 102 Å². The van der Waals surface area contributed by atoms with Crippen molar-refractivity contribution in [1.82, 2.24) is 21.3 Å². The molecule has 26 nitrogen and oxygen atoms in total. The van der Waals surface area contributed by atoms with Crippen LogP contribution in [-0.2, 0) is 94.0 Å². The van der Waals surface area contributed by atoms with Crippen molar-refractivity contribution in [3.05, 3.63) is 48.6 Å². The lowest BCUT2D eigenvalue weighted by molar-refractivity contribution is -0.152. The van der Waals surface area contributed by atoms with E-state index in [1.54, 1.807) is 0 Å². The molecule has 0 aliphatic rings. The molecule has 0 aromatic heterocycles. The molecule has 0 saturated carbocycles. The van der Waals surface area contributed by atoms with Crippen molar-refractivity contribution in [3.8, 4) is 0 Å². The summed E-state index contributed by atoms with van der Waals surface area (Å²) in [6, 6.07) is -2.03. The first-order valence-electron chi connectivity index (χ1n) is 55.5. The highest BCUT2D eigenvalue weighted by molar-refractivity contribution is 7.47. The van der Waals surface area contributed by atoms with Crippen LogP contribution in [0.1, 0.15) is 498 Å². The highest BCUT2D eigenvalue weighted by Gasteiger charge is 2.30. The van der Waals surface area contributed by atoms with Crippen molar-refractivity contribution in [2.24, 2.45) is 0 Å². The third-order valence-corrected chi connectivity index (χ3v) is 26.2. The minimum atomic E-state index is -4.90. The Kier molecular flexibility index (Phi) is 94.6. The molecule has 28 heteroatoms. The van der Waals surface area contributed by atoms with Crippen LogP contribution in [0, 0.1) is 0 Å². The molecule has 0 aliphatic heterocycles. The van der Waals surface area contributed by atoms with Crippen LogP contribution in [0.3, 0.4) is 0 Å². The highest BCUT2D eigenvalue weighted by Crippen LogP contribution is 2.44. The van der Waals surface area contributed by atoms with Crippen LogP contribution in [0.5, 0.6) is 0 Å². The number of ether oxygens (including phenoxy) is 6. The summed E-state index contributed by atoms with van der Waals surface area (Å²) in [5, 5.41) is 10.7. The summed E-state index contributed by atoms with van der Waals surface area (Å²) < 4.78 is 85.1. The average Bonchev–Trinajstić information content (AvgIpc) is 0.901. The van der Waals surface area contributed by atoms with Crippen molar-refractivity contribution >= 4 is 63.2 Å². The van der Waals surface area contributed by atoms with Gasteiger partial charge in [0.1, 0.15) is 30.8 Å². The molecule has 0 aliphatic carbocycles. The average molecular weight is 1980 g/mol. The Morgan fingerprint density at radius 3 is 0.745 bits per heavy atom. The van der Waals surface area contributed by atoms with E-state index in [4.69, 9.17) is 46.5 Å². The summed E-state index contributed by atoms with van der Waals surface area (Å²) in [5.41, 5.74) is 0. The fourth-order valence-electron chi connectivity index (χ4n) is 15.9. The maximum absolute atomic E-state index is 14.2. The summed E-state index contributed by atoms with van der Waals surface area (Å²) >= 11 is 0. The molecule has 0 rings (SSSR count). The SMILES string of the molecule is CCCCCC/C=C\CCCC(=O)O[C@H](CCCCCCC)CCOCC(COP(=O)(O)OCCNC(=O)CC(=O)NCCOP(=O)(O)OCC(COCC[C@@H](CCCCCCC)OC(=O)CCC/C=C\CCCCCC)NC(=O)CC(CCCCCCCCCCC)OC(=O)CCC/C=C/CCCCCC)NC(=O)CC(CCCCCCCCCCC)OC(=O)CCC/C=C/CCCCCC. The van der Waals surface area contributed by atoms with Gasteiger partial charge in [0.25, 0.3) is 0 Å². The highest BCUT2D eigenvalue weighted by atomic mass is 31.2. The number of hydrogen-bond donors (Lipinski definition) is 6. The van der Waals surface area contributed by atoms with E-state index in [1.165, 1.54) is 128 Å². The Morgan fingerprint density at radius 2 is 0.482 bits per heavy atom. The van der Waals surface area contributed by atoms with E-state index in [0.717, 1.165) is 205 Å². The molecule has 0 saturated heterocycles. The zero-order valence-corrected chi connectivity index (χ0v) is 89.7. The lowest BCUT2D eigenvalue weighted by Gasteiger charge is -2.23. The van der Waals surface area contributed by atoms with Crippen LogP contribution in [-0.4, -0.2) is 160 Å². The normalized spacial score (nSPS) is 14.0. The van der Waals surface area contributed by atoms with Gasteiger partial charge < -0.3 is 59.5 Å². The molecule has 6 N–H and O–H groups in total. The number of unbranched alkanes of at least 4 members (excludes halogenated alkanes) is 44. The smallest absolute Gasteiger partial charge is 0.462 e. The molecular weight excluding hydrogens is 1780 g/mol. The Balaban J connectivity index is 6.48. The van der Waals surface area contributed by atoms with E-state index < -0.39 is 109 Å². The van der Waals surface area contributed by atoms with Crippen LogP contribution in [0.25, 0.3) is 0 Å². The monoisotopic (exact) mass is 1980 g/mol. The van der Waals surface area contributed by atoms with Gasteiger partial charge in [-0.15, -0.1) is 0 Å². The molecule has 0 aromatic carbocycles. The van der Waals surface area contributed by atoms with Crippen molar-refractivity contribution in [2.45, 2.75) is 535 Å². The number of hydrogen-bond acceptors (Lipinski definition) is 20. The van der Waals surface area contributed by atoms with E-state index in [9.17, 15) is 57.3 Å². The van der Waals surface area contributed by atoms with Crippen LogP contribution >= 0.6 is 15.6 Å². The second kappa shape index (κ2) is 98.3. The minimum Gasteiger partial charge on any atom is -0.462 e. The number of amides is 4. The second-order valence-corrected chi connectivity index (χ2v) is 40.6. The summed E-state index contributed by atoms with van der Waals surface area (Å²) in [7, 11) is -9.79. The Bertz CT molecular complexity index is 2910. The van der Waals surface area contributed by atoms with Gasteiger partial charge in [0.05, 0.1) is 77.8 Å². The number of phosphoric ester groups is 2.